The topological polar surface area (TPSA) is 58.9 Å². The van der Waals surface area contributed by atoms with E-state index >= 15 is 0 Å². The van der Waals surface area contributed by atoms with Crippen LogP contribution in [0.3, 0.4) is 0 Å². The number of halogens is 1. The lowest BCUT2D eigenvalue weighted by Gasteiger charge is -2.14. The van der Waals surface area contributed by atoms with Gasteiger partial charge in [0.05, 0.1) is 0 Å². The van der Waals surface area contributed by atoms with Crippen molar-refractivity contribution in [1.29, 1.82) is 0 Å². The van der Waals surface area contributed by atoms with Gasteiger partial charge in [-0.1, -0.05) is 30.3 Å². The number of ether oxygens (including phenoxy) is 2. The monoisotopic (exact) mass is 370 g/mol. The molecule has 0 aliphatic rings. The van der Waals surface area contributed by atoms with Gasteiger partial charge in [-0.25, -0.2) is 0 Å². The van der Waals surface area contributed by atoms with Crippen molar-refractivity contribution in [3.63, 3.8) is 0 Å². The summed E-state index contributed by atoms with van der Waals surface area (Å²) in [6, 6.07) is 19.3. The summed E-state index contributed by atoms with van der Waals surface area (Å²) in [5.41, 5.74) is 2.81. The quantitative estimate of drug-likeness (QED) is 0.575. The molecule has 0 bridgehead atoms. The van der Waals surface area contributed by atoms with Crippen LogP contribution >= 0.6 is 11.6 Å². The Labute approximate surface area is 157 Å². The molecule has 0 aliphatic carbocycles. The van der Waals surface area contributed by atoms with Gasteiger partial charge >= 0.3 is 0 Å². The lowest BCUT2D eigenvalue weighted by Crippen LogP contribution is -2.01. The molecule has 0 radical (unpaired) electrons. The van der Waals surface area contributed by atoms with Crippen LogP contribution in [0.4, 0.5) is 0 Å². The van der Waals surface area contributed by atoms with Crippen LogP contribution in [-0.2, 0) is 19.1 Å². The molecule has 0 unspecified atom stereocenters. The van der Waals surface area contributed by atoms with Crippen LogP contribution in [0.2, 0.25) is 0 Å². The van der Waals surface area contributed by atoms with Gasteiger partial charge in [-0.05, 0) is 53.1 Å². The van der Waals surface area contributed by atoms with Crippen LogP contribution in [0.25, 0.3) is 0 Å². The van der Waals surface area contributed by atoms with E-state index in [4.69, 9.17) is 21.1 Å². The Balaban J connectivity index is 1.71. The smallest absolute Gasteiger partial charge is 0.162 e. The molecule has 3 rings (SSSR count). The van der Waals surface area contributed by atoms with Gasteiger partial charge in [0.1, 0.15) is 24.7 Å². The van der Waals surface area contributed by atoms with E-state index in [2.05, 4.69) is 0 Å². The third-order valence-corrected chi connectivity index (χ3v) is 4.13. The van der Waals surface area contributed by atoms with E-state index in [0.29, 0.717) is 30.6 Å². The summed E-state index contributed by atoms with van der Waals surface area (Å²) in [7, 11) is 0. The molecule has 0 heterocycles. The summed E-state index contributed by atoms with van der Waals surface area (Å²) in [6.07, 6.45) is 0. The number of phenolic OH excluding ortho intramolecular Hbond substituents is 2. The van der Waals surface area contributed by atoms with Crippen molar-refractivity contribution in [3.05, 3.63) is 83.4 Å². The molecule has 26 heavy (non-hydrogen) atoms. The maximum absolute atomic E-state index is 9.36. The highest BCUT2D eigenvalue weighted by Crippen LogP contribution is 2.31. The zero-order valence-corrected chi connectivity index (χ0v) is 14.8. The molecule has 0 aromatic heterocycles. The summed E-state index contributed by atoms with van der Waals surface area (Å²) in [4.78, 5) is 0. The average Bonchev–Trinajstić information content (AvgIpc) is 2.67. The molecule has 5 heteroatoms. The SMILES string of the molecule is Oc1ccc(COc2ccc(CCl)cc2OCc2ccc(O)cc2)cc1. The Morgan fingerprint density at radius 1 is 0.615 bits per heavy atom. The van der Waals surface area contributed by atoms with Gasteiger partial charge in [0.2, 0.25) is 0 Å². The Morgan fingerprint density at radius 3 is 1.58 bits per heavy atom. The Bertz CT molecular complexity index is 845. The van der Waals surface area contributed by atoms with E-state index in [9.17, 15) is 10.2 Å². The molecule has 2 N–H and O–H groups in total. The fourth-order valence-corrected chi connectivity index (χ4v) is 2.54. The zero-order chi connectivity index (χ0) is 18.4. The molecule has 0 saturated heterocycles. The lowest BCUT2D eigenvalue weighted by atomic mass is 10.2. The van der Waals surface area contributed by atoms with Crippen molar-refractivity contribution in [1.82, 2.24) is 0 Å². The first kappa shape index (κ1) is 18.0. The van der Waals surface area contributed by atoms with Crippen LogP contribution in [-0.4, -0.2) is 10.2 Å². The lowest BCUT2D eigenvalue weighted by molar-refractivity contribution is 0.255. The minimum Gasteiger partial charge on any atom is -0.508 e. The van der Waals surface area contributed by atoms with Gasteiger partial charge in [-0.15, -0.1) is 11.6 Å². The normalized spacial score (nSPS) is 10.5. The minimum absolute atomic E-state index is 0.218. The van der Waals surface area contributed by atoms with E-state index in [1.807, 2.05) is 18.2 Å². The van der Waals surface area contributed by atoms with E-state index in [-0.39, 0.29) is 11.5 Å². The molecular weight excluding hydrogens is 352 g/mol. The molecule has 0 aliphatic heterocycles. The van der Waals surface area contributed by atoms with Crippen molar-refractivity contribution in [2.24, 2.45) is 0 Å². The standard InChI is InChI=1S/C21H19ClO4/c22-12-17-5-10-20(25-13-15-1-6-18(23)7-2-15)21(11-17)26-14-16-3-8-19(24)9-4-16/h1-11,23-24H,12-14H2. The van der Waals surface area contributed by atoms with Crippen molar-refractivity contribution >= 4 is 11.6 Å². The van der Waals surface area contributed by atoms with E-state index < -0.39 is 0 Å². The van der Waals surface area contributed by atoms with Gasteiger partial charge < -0.3 is 19.7 Å². The number of rotatable bonds is 7. The summed E-state index contributed by atoms with van der Waals surface area (Å²) in [5, 5.41) is 18.7. The second-order valence-electron chi connectivity index (χ2n) is 5.82. The summed E-state index contributed by atoms with van der Waals surface area (Å²) in [6.45, 7) is 0.706. The first-order chi connectivity index (χ1) is 12.6. The first-order valence-corrected chi connectivity index (χ1v) is 8.68. The Morgan fingerprint density at radius 2 is 1.08 bits per heavy atom. The molecule has 0 fully saturated rings. The molecule has 0 atom stereocenters. The second kappa shape index (κ2) is 8.50. The van der Waals surface area contributed by atoms with Gasteiger partial charge in [0, 0.05) is 5.88 Å². The van der Waals surface area contributed by atoms with Crippen LogP contribution in [0.1, 0.15) is 16.7 Å². The number of hydrogen-bond donors (Lipinski definition) is 2. The first-order valence-electron chi connectivity index (χ1n) is 8.14. The molecule has 3 aromatic carbocycles. The van der Waals surface area contributed by atoms with Crippen LogP contribution in [0.5, 0.6) is 23.0 Å². The summed E-state index contributed by atoms with van der Waals surface area (Å²) >= 11 is 5.93. The van der Waals surface area contributed by atoms with Gasteiger partial charge in [0.25, 0.3) is 0 Å². The molecular formula is C21H19ClO4. The van der Waals surface area contributed by atoms with Gasteiger partial charge in [-0.2, -0.15) is 0 Å². The fourth-order valence-electron chi connectivity index (χ4n) is 2.37. The van der Waals surface area contributed by atoms with E-state index in [1.54, 1.807) is 48.5 Å². The highest BCUT2D eigenvalue weighted by Gasteiger charge is 2.08. The Hall–Kier alpha value is -2.85. The van der Waals surface area contributed by atoms with Gasteiger partial charge in [0.15, 0.2) is 11.5 Å². The number of hydrogen-bond acceptors (Lipinski definition) is 4. The van der Waals surface area contributed by atoms with Crippen molar-refractivity contribution in [2.45, 2.75) is 19.1 Å². The second-order valence-corrected chi connectivity index (χ2v) is 6.09. The molecule has 134 valence electrons. The van der Waals surface area contributed by atoms with Crippen LogP contribution in [0, 0.1) is 0 Å². The summed E-state index contributed by atoms with van der Waals surface area (Å²) < 4.78 is 11.8. The van der Waals surface area contributed by atoms with Crippen molar-refractivity contribution in [2.75, 3.05) is 0 Å². The van der Waals surface area contributed by atoms with Crippen LogP contribution < -0.4 is 9.47 Å². The number of phenols is 2. The molecule has 4 nitrogen and oxygen atoms in total. The zero-order valence-electron chi connectivity index (χ0n) is 14.1. The molecule has 3 aromatic rings. The fraction of sp³-hybridized carbons (Fsp3) is 0.143. The summed E-state index contributed by atoms with van der Waals surface area (Å²) in [5.74, 6) is 2.04. The average molecular weight is 371 g/mol. The third-order valence-electron chi connectivity index (χ3n) is 3.82. The highest BCUT2D eigenvalue weighted by atomic mass is 35.5. The van der Waals surface area contributed by atoms with Gasteiger partial charge in [-0.3, -0.25) is 0 Å². The third kappa shape index (κ3) is 4.83. The maximum atomic E-state index is 9.36. The number of benzene rings is 3. The molecule has 0 amide bonds. The number of aromatic hydroxyl groups is 2. The Kier molecular flexibility index (Phi) is 5.87. The van der Waals surface area contributed by atoms with E-state index in [0.717, 1.165) is 16.7 Å². The van der Waals surface area contributed by atoms with E-state index in [1.165, 1.54) is 0 Å². The number of alkyl halides is 1. The minimum atomic E-state index is 0.218. The predicted molar refractivity (Wildman–Crippen MR) is 101 cm³/mol. The van der Waals surface area contributed by atoms with Crippen molar-refractivity contribution in [3.8, 4) is 23.0 Å². The van der Waals surface area contributed by atoms with Crippen molar-refractivity contribution < 1.29 is 19.7 Å². The predicted octanol–water partition coefficient (Wildman–Crippen LogP) is 4.99. The van der Waals surface area contributed by atoms with Crippen LogP contribution in [0.15, 0.2) is 66.7 Å². The molecule has 0 spiro atoms. The molecule has 0 saturated carbocycles. The largest absolute Gasteiger partial charge is 0.508 e. The highest BCUT2D eigenvalue weighted by molar-refractivity contribution is 6.17. The maximum Gasteiger partial charge on any atom is 0.162 e.